The van der Waals surface area contributed by atoms with Crippen molar-refractivity contribution in [1.29, 1.82) is 0 Å². The number of carbonyl (C=O) groups is 2. The molecule has 0 aliphatic carbocycles. The molecule has 1 fully saturated rings. The predicted octanol–water partition coefficient (Wildman–Crippen LogP) is 0.996. The van der Waals surface area contributed by atoms with Gasteiger partial charge in [0.05, 0.1) is 0 Å². The summed E-state index contributed by atoms with van der Waals surface area (Å²) in [5, 5.41) is 11.4. The number of hydrogen-bond donors (Lipinski definition) is 2. The summed E-state index contributed by atoms with van der Waals surface area (Å²) >= 11 is 1.82. The third kappa shape index (κ3) is 3.30. The summed E-state index contributed by atoms with van der Waals surface area (Å²) in [7, 11) is 1.72. The molecular weight excluding hydrogens is 228 g/mol. The summed E-state index contributed by atoms with van der Waals surface area (Å²) in [5.74, 6) is 1.02. The first-order valence-corrected chi connectivity index (χ1v) is 6.55. The standard InChI is InChI=1S/C10H18N2O3S/c1-3-8(9(13)14)11-10(15)12(2)7-4-5-16-6-7/h7-8H,3-6H2,1-2H3,(H,11,15)(H,13,14). The number of urea groups is 1. The lowest BCUT2D eigenvalue weighted by Gasteiger charge is -2.25. The molecule has 2 unspecified atom stereocenters. The van der Waals surface area contributed by atoms with E-state index in [0.29, 0.717) is 6.42 Å². The summed E-state index contributed by atoms with van der Waals surface area (Å²) in [6.45, 7) is 1.74. The fourth-order valence-corrected chi connectivity index (χ4v) is 2.85. The number of carboxylic acid groups (broad SMARTS) is 1. The van der Waals surface area contributed by atoms with Crippen LogP contribution in [0.1, 0.15) is 19.8 Å². The molecule has 1 rings (SSSR count). The molecule has 1 aliphatic rings. The van der Waals surface area contributed by atoms with E-state index in [2.05, 4.69) is 5.32 Å². The van der Waals surface area contributed by atoms with E-state index in [1.54, 1.807) is 18.9 Å². The van der Waals surface area contributed by atoms with Crippen molar-refractivity contribution in [2.45, 2.75) is 31.8 Å². The molecule has 1 saturated heterocycles. The number of amides is 2. The smallest absolute Gasteiger partial charge is 0.326 e. The molecule has 0 radical (unpaired) electrons. The van der Waals surface area contributed by atoms with Crippen LogP contribution < -0.4 is 5.32 Å². The van der Waals surface area contributed by atoms with Gasteiger partial charge in [-0.15, -0.1) is 0 Å². The Bertz CT molecular complexity index is 267. The maximum atomic E-state index is 11.7. The number of rotatable bonds is 4. The minimum atomic E-state index is -0.981. The number of aliphatic carboxylic acids is 1. The summed E-state index contributed by atoms with van der Waals surface area (Å²) in [6, 6.07) is -0.845. The van der Waals surface area contributed by atoms with Crippen molar-refractivity contribution in [2.24, 2.45) is 0 Å². The Morgan fingerprint density at radius 1 is 1.62 bits per heavy atom. The number of nitrogens with zero attached hydrogens (tertiary/aromatic N) is 1. The van der Waals surface area contributed by atoms with Crippen LogP contribution in [-0.4, -0.2) is 52.6 Å². The Hall–Kier alpha value is -0.910. The lowest BCUT2D eigenvalue weighted by molar-refractivity contribution is -0.139. The van der Waals surface area contributed by atoms with Crippen LogP contribution >= 0.6 is 11.8 Å². The van der Waals surface area contributed by atoms with Crippen LogP contribution in [0.3, 0.4) is 0 Å². The molecule has 1 heterocycles. The highest BCUT2D eigenvalue weighted by Gasteiger charge is 2.26. The topological polar surface area (TPSA) is 69.6 Å². The number of carbonyl (C=O) groups excluding carboxylic acids is 1. The molecule has 0 saturated carbocycles. The zero-order chi connectivity index (χ0) is 12.1. The first-order chi connectivity index (χ1) is 7.56. The molecule has 1 aliphatic heterocycles. The Morgan fingerprint density at radius 3 is 2.75 bits per heavy atom. The number of nitrogens with one attached hydrogen (secondary N) is 1. The predicted molar refractivity (Wildman–Crippen MR) is 63.7 cm³/mol. The summed E-state index contributed by atoms with van der Waals surface area (Å²) in [4.78, 5) is 24.1. The average molecular weight is 246 g/mol. The average Bonchev–Trinajstić information content (AvgIpc) is 2.77. The second-order valence-electron chi connectivity index (χ2n) is 3.88. The third-order valence-electron chi connectivity index (χ3n) is 2.78. The van der Waals surface area contributed by atoms with Crippen molar-refractivity contribution in [1.82, 2.24) is 10.2 Å². The molecule has 5 nitrogen and oxygen atoms in total. The second kappa shape index (κ2) is 5.98. The van der Waals surface area contributed by atoms with E-state index in [4.69, 9.17) is 5.11 Å². The molecule has 0 aromatic rings. The van der Waals surface area contributed by atoms with Crippen LogP contribution in [0, 0.1) is 0 Å². The fraction of sp³-hybridized carbons (Fsp3) is 0.800. The first kappa shape index (κ1) is 13.2. The van der Waals surface area contributed by atoms with Crippen LogP contribution in [0.15, 0.2) is 0 Å². The molecule has 0 aromatic heterocycles. The van der Waals surface area contributed by atoms with Gasteiger partial charge in [0.25, 0.3) is 0 Å². The van der Waals surface area contributed by atoms with Crippen molar-refractivity contribution < 1.29 is 14.7 Å². The second-order valence-corrected chi connectivity index (χ2v) is 5.03. The Labute approximate surface area is 99.6 Å². The lowest BCUT2D eigenvalue weighted by Crippen LogP contribution is -2.49. The van der Waals surface area contributed by atoms with Crippen molar-refractivity contribution in [3.05, 3.63) is 0 Å². The minimum Gasteiger partial charge on any atom is -0.480 e. The van der Waals surface area contributed by atoms with Crippen molar-refractivity contribution >= 4 is 23.8 Å². The first-order valence-electron chi connectivity index (χ1n) is 5.40. The zero-order valence-corrected chi connectivity index (χ0v) is 10.4. The van der Waals surface area contributed by atoms with E-state index in [1.807, 2.05) is 11.8 Å². The molecular formula is C10H18N2O3S. The SMILES string of the molecule is CCC(NC(=O)N(C)C1CCSC1)C(=O)O. The van der Waals surface area contributed by atoms with E-state index in [1.165, 1.54) is 0 Å². The van der Waals surface area contributed by atoms with Gasteiger partial charge in [-0.1, -0.05) is 6.92 Å². The molecule has 0 spiro atoms. The molecule has 16 heavy (non-hydrogen) atoms. The highest BCUT2D eigenvalue weighted by atomic mass is 32.2. The van der Waals surface area contributed by atoms with Crippen LogP contribution in [0.4, 0.5) is 4.79 Å². The van der Waals surface area contributed by atoms with Gasteiger partial charge < -0.3 is 15.3 Å². The van der Waals surface area contributed by atoms with E-state index in [-0.39, 0.29) is 12.1 Å². The molecule has 2 N–H and O–H groups in total. The number of hydrogen-bond acceptors (Lipinski definition) is 3. The Balaban J connectivity index is 2.46. The highest BCUT2D eigenvalue weighted by molar-refractivity contribution is 7.99. The summed E-state index contributed by atoms with van der Waals surface area (Å²) < 4.78 is 0. The van der Waals surface area contributed by atoms with Crippen LogP contribution in [-0.2, 0) is 4.79 Å². The monoisotopic (exact) mass is 246 g/mol. The van der Waals surface area contributed by atoms with Crippen LogP contribution in [0.5, 0.6) is 0 Å². The highest BCUT2D eigenvalue weighted by Crippen LogP contribution is 2.21. The van der Waals surface area contributed by atoms with Gasteiger partial charge in [-0.25, -0.2) is 9.59 Å². The van der Waals surface area contributed by atoms with Gasteiger partial charge in [-0.05, 0) is 18.6 Å². The molecule has 0 aromatic carbocycles. The lowest BCUT2D eigenvalue weighted by atomic mass is 10.2. The van der Waals surface area contributed by atoms with Gasteiger partial charge in [0.15, 0.2) is 0 Å². The Kier molecular flexibility index (Phi) is 4.92. The van der Waals surface area contributed by atoms with Gasteiger partial charge in [0, 0.05) is 18.8 Å². The van der Waals surface area contributed by atoms with E-state index >= 15 is 0 Å². The summed E-state index contributed by atoms with van der Waals surface area (Å²) in [6.07, 6.45) is 1.38. The molecule has 2 atom stereocenters. The van der Waals surface area contributed by atoms with Crippen molar-refractivity contribution in [2.75, 3.05) is 18.6 Å². The minimum absolute atomic E-state index is 0.233. The fourth-order valence-electron chi connectivity index (χ4n) is 1.58. The van der Waals surface area contributed by atoms with Gasteiger partial charge in [0.1, 0.15) is 6.04 Å². The number of carboxylic acids is 1. The maximum absolute atomic E-state index is 11.7. The molecule has 2 amide bonds. The molecule has 0 bridgehead atoms. The molecule has 6 heteroatoms. The van der Waals surface area contributed by atoms with E-state index < -0.39 is 12.0 Å². The van der Waals surface area contributed by atoms with Gasteiger partial charge in [-0.3, -0.25) is 0 Å². The Morgan fingerprint density at radius 2 is 2.31 bits per heavy atom. The third-order valence-corrected chi connectivity index (χ3v) is 3.92. The largest absolute Gasteiger partial charge is 0.480 e. The summed E-state index contributed by atoms with van der Waals surface area (Å²) in [5.41, 5.74) is 0. The maximum Gasteiger partial charge on any atom is 0.326 e. The normalized spacial score (nSPS) is 21.5. The van der Waals surface area contributed by atoms with E-state index in [9.17, 15) is 9.59 Å². The number of thioether (sulfide) groups is 1. The van der Waals surface area contributed by atoms with Crippen LogP contribution in [0.25, 0.3) is 0 Å². The van der Waals surface area contributed by atoms with Crippen molar-refractivity contribution in [3.8, 4) is 0 Å². The quantitative estimate of drug-likeness (QED) is 0.776. The molecule has 92 valence electrons. The zero-order valence-electron chi connectivity index (χ0n) is 9.60. The van der Waals surface area contributed by atoms with Gasteiger partial charge >= 0.3 is 12.0 Å². The van der Waals surface area contributed by atoms with Crippen molar-refractivity contribution in [3.63, 3.8) is 0 Å². The van der Waals surface area contributed by atoms with Gasteiger partial charge in [-0.2, -0.15) is 11.8 Å². The van der Waals surface area contributed by atoms with E-state index in [0.717, 1.165) is 17.9 Å². The van der Waals surface area contributed by atoms with Gasteiger partial charge in [0.2, 0.25) is 0 Å². The van der Waals surface area contributed by atoms with Crippen LogP contribution in [0.2, 0.25) is 0 Å².